The molecule has 0 aromatic heterocycles. The summed E-state index contributed by atoms with van der Waals surface area (Å²) in [6.45, 7) is 0.613. The minimum Gasteiger partial charge on any atom is -0.456 e. The molecule has 2 rings (SSSR count). The lowest BCUT2D eigenvalue weighted by Gasteiger charge is -2.10. The minimum absolute atomic E-state index is 0.481. The molecule has 0 saturated heterocycles. The van der Waals surface area contributed by atoms with Crippen LogP contribution >= 0.6 is 39.1 Å². The van der Waals surface area contributed by atoms with Gasteiger partial charge in [0.2, 0.25) is 0 Å². The topological polar surface area (TPSA) is 35.2 Å². The lowest BCUT2D eigenvalue weighted by molar-refractivity contribution is 0.482. The second-order valence-corrected chi connectivity index (χ2v) is 5.67. The van der Waals surface area contributed by atoms with E-state index < -0.39 is 0 Å². The van der Waals surface area contributed by atoms with Crippen molar-refractivity contribution >= 4 is 39.1 Å². The van der Waals surface area contributed by atoms with Crippen LogP contribution in [-0.2, 0) is 6.42 Å². The van der Waals surface area contributed by atoms with Crippen LogP contribution in [0.25, 0.3) is 0 Å². The molecule has 2 aromatic carbocycles. The summed E-state index contributed by atoms with van der Waals surface area (Å²) in [6, 6.07) is 10.9. The molecule has 0 aliphatic carbocycles. The lowest BCUT2D eigenvalue weighted by Crippen LogP contribution is -2.03. The van der Waals surface area contributed by atoms with Gasteiger partial charge < -0.3 is 10.5 Å². The number of rotatable bonds is 4. The standard InChI is InChI=1S/C14H12BrCl2NO/c15-12-8-11(3-1-9(12)5-6-18)19-14-4-2-10(16)7-13(14)17/h1-4,7-8H,5-6,18H2. The Morgan fingerprint density at radius 2 is 1.89 bits per heavy atom. The van der Waals surface area contributed by atoms with Gasteiger partial charge in [-0.05, 0) is 48.9 Å². The van der Waals surface area contributed by atoms with Crippen LogP contribution in [0.5, 0.6) is 11.5 Å². The van der Waals surface area contributed by atoms with Crippen molar-refractivity contribution in [3.63, 3.8) is 0 Å². The molecule has 0 bridgehead atoms. The largest absolute Gasteiger partial charge is 0.456 e. The van der Waals surface area contributed by atoms with E-state index in [2.05, 4.69) is 15.9 Å². The first-order chi connectivity index (χ1) is 9.10. The van der Waals surface area contributed by atoms with Crippen molar-refractivity contribution in [1.29, 1.82) is 0 Å². The molecule has 0 spiro atoms. The van der Waals surface area contributed by atoms with Crippen LogP contribution in [0.1, 0.15) is 5.56 Å². The third-order valence-corrected chi connectivity index (χ3v) is 3.83. The van der Waals surface area contributed by atoms with Gasteiger partial charge in [-0.15, -0.1) is 0 Å². The van der Waals surface area contributed by atoms with Crippen molar-refractivity contribution in [2.45, 2.75) is 6.42 Å². The van der Waals surface area contributed by atoms with Gasteiger partial charge in [-0.3, -0.25) is 0 Å². The Morgan fingerprint density at radius 1 is 1.11 bits per heavy atom. The molecule has 2 aromatic rings. The van der Waals surface area contributed by atoms with Gasteiger partial charge in [-0.2, -0.15) is 0 Å². The van der Waals surface area contributed by atoms with Gasteiger partial charge in [-0.1, -0.05) is 45.2 Å². The fourth-order valence-corrected chi connectivity index (χ4v) is 2.64. The Labute approximate surface area is 130 Å². The number of halogens is 3. The monoisotopic (exact) mass is 359 g/mol. The molecule has 0 aliphatic heterocycles. The molecule has 0 radical (unpaired) electrons. The first-order valence-corrected chi connectivity index (χ1v) is 7.26. The Hall–Kier alpha value is -0.740. The van der Waals surface area contributed by atoms with Gasteiger partial charge in [0.1, 0.15) is 11.5 Å². The zero-order chi connectivity index (χ0) is 13.8. The second kappa shape index (κ2) is 6.62. The molecule has 0 unspecified atom stereocenters. The van der Waals surface area contributed by atoms with E-state index in [1.165, 1.54) is 0 Å². The van der Waals surface area contributed by atoms with E-state index in [4.69, 9.17) is 33.7 Å². The molecule has 0 saturated carbocycles. The predicted molar refractivity (Wildman–Crippen MR) is 83.4 cm³/mol. The molecule has 0 atom stereocenters. The fourth-order valence-electron chi connectivity index (χ4n) is 1.63. The van der Waals surface area contributed by atoms with Crippen LogP contribution in [0.3, 0.4) is 0 Å². The van der Waals surface area contributed by atoms with Gasteiger partial charge in [-0.25, -0.2) is 0 Å². The van der Waals surface area contributed by atoms with Crippen molar-refractivity contribution in [3.8, 4) is 11.5 Å². The maximum atomic E-state index is 6.06. The maximum absolute atomic E-state index is 6.06. The van der Waals surface area contributed by atoms with Crippen molar-refractivity contribution < 1.29 is 4.74 Å². The molecular formula is C14H12BrCl2NO. The third kappa shape index (κ3) is 3.86. The van der Waals surface area contributed by atoms with E-state index >= 15 is 0 Å². The number of benzene rings is 2. The summed E-state index contributed by atoms with van der Waals surface area (Å²) in [4.78, 5) is 0. The second-order valence-electron chi connectivity index (χ2n) is 3.97. The summed E-state index contributed by atoms with van der Waals surface area (Å²) >= 11 is 15.4. The SMILES string of the molecule is NCCc1ccc(Oc2ccc(Cl)cc2Cl)cc1Br. The van der Waals surface area contributed by atoms with Crippen LogP contribution in [0.2, 0.25) is 10.0 Å². The smallest absolute Gasteiger partial charge is 0.146 e. The zero-order valence-corrected chi connectivity index (χ0v) is 13.1. The summed E-state index contributed by atoms with van der Waals surface area (Å²) in [6.07, 6.45) is 0.822. The highest BCUT2D eigenvalue weighted by Gasteiger charge is 2.06. The minimum atomic E-state index is 0.481. The van der Waals surface area contributed by atoms with Crippen LogP contribution in [0, 0.1) is 0 Å². The molecule has 0 amide bonds. The van der Waals surface area contributed by atoms with Gasteiger partial charge >= 0.3 is 0 Å². The Kier molecular flexibility index (Phi) is 5.11. The normalized spacial score (nSPS) is 10.5. The lowest BCUT2D eigenvalue weighted by atomic mass is 10.1. The summed E-state index contributed by atoms with van der Waals surface area (Å²) in [5.41, 5.74) is 6.69. The van der Waals surface area contributed by atoms with E-state index in [9.17, 15) is 0 Å². The van der Waals surface area contributed by atoms with E-state index in [0.29, 0.717) is 28.1 Å². The molecule has 5 heteroatoms. The highest BCUT2D eigenvalue weighted by atomic mass is 79.9. The summed E-state index contributed by atoms with van der Waals surface area (Å²) in [5, 5.41) is 1.06. The number of ether oxygens (including phenoxy) is 1. The van der Waals surface area contributed by atoms with Crippen molar-refractivity contribution in [1.82, 2.24) is 0 Å². The van der Waals surface area contributed by atoms with E-state index in [1.807, 2.05) is 18.2 Å². The van der Waals surface area contributed by atoms with Gasteiger partial charge in [0, 0.05) is 9.50 Å². The number of hydrogen-bond acceptors (Lipinski definition) is 2. The average Bonchev–Trinajstić information content (AvgIpc) is 2.36. The van der Waals surface area contributed by atoms with Gasteiger partial charge in [0.15, 0.2) is 0 Å². The fraction of sp³-hybridized carbons (Fsp3) is 0.143. The average molecular weight is 361 g/mol. The van der Waals surface area contributed by atoms with Crippen LogP contribution < -0.4 is 10.5 Å². The highest BCUT2D eigenvalue weighted by Crippen LogP contribution is 2.33. The van der Waals surface area contributed by atoms with Crippen molar-refractivity contribution in [2.75, 3.05) is 6.54 Å². The molecule has 19 heavy (non-hydrogen) atoms. The molecule has 2 nitrogen and oxygen atoms in total. The van der Waals surface area contributed by atoms with E-state index in [0.717, 1.165) is 16.5 Å². The highest BCUT2D eigenvalue weighted by molar-refractivity contribution is 9.10. The Morgan fingerprint density at radius 3 is 2.53 bits per heavy atom. The van der Waals surface area contributed by atoms with Crippen LogP contribution in [-0.4, -0.2) is 6.54 Å². The summed E-state index contributed by atoms with van der Waals surface area (Å²) in [7, 11) is 0. The molecule has 0 heterocycles. The summed E-state index contributed by atoms with van der Waals surface area (Å²) in [5.74, 6) is 1.28. The molecule has 0 aliphatic rings. The zero-order valence-electron chi connectivity index (χ0n) is 10.00. The Balaban J connectivity index is 2.21. The van der Waals surface area contributed by atoms with Crippen molar-refractivity contribution in [3.05, 3.63) is 56.5 Å². The van der Waals surface area contributed by atoms with E-state index in [-0.39, 0.29) is 0 Å². The van der Waals surface area contributed by atoms with Crippen molar-refractivity contribution in [2.24, 2.45) is 5.73 Å². The Bertz CT molecular complexity index is 590. The molecular weight excluding hydrogens is 349 g/mol. The van der Waals surface area contributed by atoms with Gasteiger partial charge in [0.05, 0.1) is 5.02 Å². The van der Waals surface area contributed by atoms with Crippen LogP contribution in [0.4, 0.5) is 0 Å². The third-order valence-electron chi connectivity index (χ3n) is 2.56. The molecule has 2 N–H and O–H groups in total. The number of hydrogen-bond donors (Lipinski definition) is 1. The summed E-state index contributed by atoms with van der Waals surface area (Å²) < 4.78 is 6.70. The first kappa shape index (κ1) is 14.7. The molecule has 0 fully saturated rings. The first-order valence-electron chi connectivity index (χ1n) is 5.71. The number of nitrogens with two attached hydrogens (primary N) is 1. The quantitative estimate of drug-likeness (QED) is 0.827. The van der Waals surface area contributed by atoms with Crippen LogP contribution in [0.15, 0.2) is 40.9 Å². The predicted octanol–water partition coefficient (Wildman–Crippen LogP) is 5.05. The molecule has 100 valence electrons. The van der Waals surface area contributed by atoms with Gasteiger partial charge in [0.25, 0.3) is 0 Å². The maximum Gasteiger partial charge on any atom is 0.146 e. The van der Waals surface area contributed by atoms with E-state index in [1.54, 1.807) is 18.2 Å².